The molecule has 0 bridgehead atoms. The van der Waals surface area contributed by atoms with Crippen LogP contribution in [0.25, 0.3) is 0 Å². The van der Waals surface area contributed by atoms with Crippen molar-refractivity contribution in [2.45, 2.75) is 71.1 Å². The van der Waals surface area contributed by atoms with Crippen LogP contribution in [0.2, 0.25) is 50.4 Å². The Morgan fingerprint density at radius 3 is 1.74 bits per heavy atom. The molecule has 0 aromatic carbocycles. The Kier molecular flexibility index (Phi) is 8.56. The van der Waals surface area contributed by atoms with Crippen LogP contribution in [0.4, 0.5) is 0 Å². The van der Waals surface area contributed by atoms with E-state index in [1.807, 2.05) is 20.8 Å². The number of hydrogen-bond acceptors (Lipinski definition) is 3. The maximum atomic E-state index is 10.9. The monoisotopic (exact) mass is 301 g/mol. The molecule has 0 aliphatic rings. The summed E-state index contributed by atoms with van der Waals surface area (Å²) in [6.07, 6.45) is 0. The van der Waals surface area contributed by atoms with E-state index in [-0.39, 0.29) is 11.0 Å². The molecule has 0 N–H and O–H groups in total. The van der Waals surface area contributed by atoms with E-state index in [1.165, 1.54) is 0 Å². The Balaban J connectivity index is 0. The fraction of sp³-hybridized carbons (Fsp3) is 0.857. The molecular formula is C14H31NO2Si2. The lowest BCUT2D eigenvalue weighted by atomic mass is 10.2. The number of hydrogen-bond donors (Lipinski definition) is 0. The topological polar surface area (TPSA) is 50.1 Å². The molecule has 0 amide bonds. The van der Waals surface area contributed by atoms with E-state index in [9.17, 15) is 4.79 Å². The van der Waals surface area contributed by atoms with Gasteiger partial charge in [-0.1, -0.05) is 39.3 Å². The highest BCUT2D eigenvalue weighted by molar-refractivity contribution is 6.79. The molecular weight excluding hydrogens is 270 g/mol. The van der Waals surface area contributed by atoms with E-state index in [1.54, 1.807) is 0 Å². The van der Waals surface area contributed by atoms with Gasteiger partial charge < -0.3 is 4.74 Å². The molecule has 0 aromatic rings. The summed E-state index contributed by atoms with van der Waals surface area (Å²) in [7, 11) is -2.48. The lowest BCUT2D eigenvalue weighted by Gasteiger charge is -2.29. The van der Waals surface area contributed by atoms with Crippen molar-refractivity contribution in [2.75, 3.05) is 6.61 Å². The molecule has 0 aliphatic heterocycles. The molecule has 0 saturated carbocycles. The SMILES string of the molecule is CC(C)(C#N)[Si](C)(C)C.CCOC(=O)C[Si](C)(C)C. The first kappa shape index (κ1) is 20.7. The third-order valence-corrected chi connectivity index (χ3v) is 8.35. The molecule has 5 heteroatoms. The number of nitriles is 1. The molecule has 0 radical (unpaired) electrons. The summed E-state index contributed by atoms with van der Waals surface area (Å²) in [4.78, 5) is 10.9. The molecule has 0 rings (SSSR count). The van der Waals surface area contributed by atoms with Gasteiger partial charge in [0, 0.05) is 11.1 Å². The van der Waals surface area contributed by atoms with Crippen molar-refractivity contribution >= 4 is 22.1 Å². The van der Waals surface area contributed by atoms with Crippen molar-refractivity contribution in [3.8, 4) is 6.07 Å². The van der Waals surface area contributed by atoms with Crippen LogP contribution in [0, 0.1) is 11.3 Å². The Labute approximate surface area is 121 Å². The van der Waals surface area contributed by atoms with E-state index in [2.05, 4.69) is 45.4 Å². The van der Waals surface area contributed by atoms with Crippen LogP contribution in [0.3, 0.4) is 0 Å². The third-order valence-electron chi connectivity index (χ3n) is 3.13. The summed E-state index contributed by atoms with van der Waals surface area (Å²) in [6.45, 7) is 19.5. The molecule has 0 aromatic heterocycles. The van der Waals surface area contributed by atoms with Crippen LogP contribution >= 0.6 is 0 Å². The van der Waals surface area contributed by atoms with Gasteiger partial charge in [-0.2, -0.15) is 5.26 Å². The largest absolute Gasteiger partial charge is 0.466 e. The van der Waals surface area contributed by atoms with Gasteiger partial charge in [0.2, 0.25) is 0 Å². The fourth-order valence-electron chi connectivity index (χ4n) is 0.813. The highest BCUT2D eigenvalue weighted by Crippen LogP contribution is 2.35. The first-order chi connectivity index (χ1) is 8.27. The molecule has 0 heterocycles. The third kappa shape index (κ3) is 11.0. The van der Waals surface area contributed by atoms with Gasteiger partial charge >= 0.3 is 5.97 Å². The van der Waals surface area contributed by atoms with Crippen molar-refractivity contribution in [2.24, 2.45) is 0 Å². The lowest BCUT2D eigenvalue weighted by molar-refractivity contribution is -0.140. The molecule has 3 nitrogen and oxygen atoms in total. The Bertz CT molecular complexity index is 320. The molecule has 0 unspecified atom stereocenters. The van der Waals surface area contributed by atoms with Crippen molar-refractivity contribution in [3.05, 3.63) is 0 Å². The highest BCUT2D eigenvalue weighted by atomic mass is 28.3. The van der Waals surface area contributed by atoms with E-state index in [0.29, 0.717) is 12.7 Å². The molecule has 19 heavy (non-hydrogen) atoms. The molecule has 0 saturated heterocycles. The lowest BCUT2D eigenvalue weighted by Crippen LogP contribution is -2.33. The van der Waals surface area contributed by atoms with E-state index in [4.69, 9.17) is 10.00 Å². The van der Waals surface area contributed by atoms with Crippen molar-refractivity contribution < 1.29 is 9.53 Å². The zero-order valence-corrected chi connectivity index (χ0v) is 16.2. The minimum absolute atomic E-state index is 0.0401. The minimum Gasteiger partial charge on any atom is -0.466 e. The maximum absolute atomic E-state index is 10.9. The van der Waals surface area contributed by atoms with Crippen LogP contribution in [-0.4, -0.2) is 28.7 Å². The number of esters is 1. The Morgan fingerprint density at radius 1 is 1.16 bits per heavy atom. The molecule has 112 valence electrons. The highest BCUT2D eigenvalue weighted by Gasteiger charge is 2.34. The number of ether oxygens (including phenoxy) is 1. The van der Waals surface area contributed by atoms with Gasteiger partial charge in [-0.3, -0.25) is 4.79 Å². The minimum atomic E-state index is -1.25. The summed E-state index contributed by atoms with van der Waals surface area (Å²) in [5.74, 6) is -0.0401. The summed E-state index contributed by atoms with van der Waals surface area (Å²) >= 11 is 0. The summed E-state index contributed by atoms with van der Waals surface area (Å²) < 4.78 is 4.81. The van der Waals surface area contributed by atoms with Crippen molar-refractivity contribution in [1.29, 1.82) is 5.26 Å². The van der Waals surface area contributed by atoms with Crippen LogP contribution in [0.15, 0.2) is 0 Å². The number of rotatable bonds is 4. The number of carbonyl (C=O) groups is 1. The van der Waals surface area contributed by atoms with Crippen LogP contribution in [0.5, 0.6) is 0 Å². The van der Waals surface area contributed by atoms with E-state index >= 15 is 0 Å². The number of carbonyl (C=O) groups excluding carboxylic acids is 1. The van der Waals surface area contributed by atoms with Crippen molar-refractivity contribution in [3.63, 3.8) is 0 Å². The normalized spacial score (nSPS) is 12.0. The van der Waals surface area contributed by atoms with Gasteiger partial charge in [0.1, 0.15) is 0 Å². The van der Waals surface area contributed by atoms with Crippen LogP contribution < -0.4 is 0 Å². The fourth-order valence-corrected chi connectivity index (χ4v) is 2.12. The van der Waals surface area contributed by atoms with Gasteiger partial charge in [0.15, 0.2) is 0 Å². The Hall–Kier alpha value is -0.606. The first-order valence-electron chi connectivity index (χ1n) is 6.83. The second kappa shape index (κ2) is 7.86. The predicted molar refractivity (Wildman–Crippen MR) is 87.8 cm³/mol. The quantitative estimate of drug-likeness (QED) is 0.567. The second-order valence-electron chi connectivity index (χ2n) is 7.53. The van der Waals surface area contributed by atoms with E-state index < -0.39 is 16.1 Å². The van der Waals surface area contributed by atoms with Crippen LogP contribution in [-0.2, 0) is 9.53 Å². The number of nitrogens with zero attached hydrogens (tertiary/aromatic N) is 1. The van der Waals surface area contributed by atoms with E-state index in [0.717, 1.165) is 0 Å². The first-order valence-corrected chi connectivity index (χ1v) is 14.0. The summed E-state index contributed by atoms with van der Waals surface area (Å²) in [5, 5.41) is 8.64. The summed E-state index contributed by atoms with van der Waals surface area (Å²) in [5.41, 5.74) is 0. The zero-order valence-electron chi connectivity index (χ0n) is 14.2. The average Bonchev–Trinajstić information content (AvgIpc) is 2.14. The summed E-state index contributed by atoms with van der Waals surface area (Å²) in [6, 6.07) is 2.98. The van der Waals surface area contributed by atoms with Crippen LogP contribution in [0.1, 0.15) is 20.8 Å². The second-order valence-corrected chi connectivity index (χ2v) is 18.8. The molecule has 0 atom stereocenters. The molecule has 0 fully saturated rings. The van der Waals surface area contributed by atoms with Gasteiger partial charge in [0.05, 0.1) is 28.8 Å². The van der Waals surface area contributed by atoms with Gasteiger partial charge in [-0.25, -0.2) is 0 Å². The van der Waals surface area contributed by atoms with Crippen molar-refractivity contribution in [1.82, 2.24) is 0 Å². The molecule has 0 spiro atoms. The smallest absolute Gasteiger partial charge is 0.303 e. The standard InChI is InChI=1S/C7H15NSi.C7H16O2Si/c1-7(2,6-8)9(3,4)5;1-5-9-7(8)6-10(2,3)4/h1-5H3;5-6H2,1-4H3. The van der Waals surface area contributed by atoms with Gasteiger partial charge in [0.25, 0.3) is 0 Å². The predicted octanol–water partition coefficient (Wildman–Crippen LogP) is 4.52. The van der Waals surface area contributed by atoms with Gasteiger partial charge in [-0.05, 0) is 20.8 Å². The average molecular weight is 302 g/mol. The molecule has 0 aliphatic carbocycles. The van der Waals surface area contributed by atoms with Gasteiger partial charge in [-0.15, -0.1) is 0 Å². The zero-order chi connectivity index (χ0) is 15.9. The maximum Gasteiger partial charge on any atom is 0.303 e. The Morgan fingerprint density at radius 2 is 1.58 bits per heavy atom.